The van der Waals surface area contributed by atoms with Crippen molar-refractivity contribution < 1.29 is 24.2 Å². The number of carboxylic acids is 1. The summed E-state index contributed by atoms with van der Waals surface area (Å²) in [5.74, 6) is 0.415. The van der Waals surface area contributed by atoms with Gasteiger partial charge in [-0.1, -0.05) is 35.4 Å². The Morgan fingerprint density at radius 1 is 1.11 bits per heavy atom. The van der Waals surface area contributed by atoms with Crippen molar-refractivity contribution in [1.82, 2.24) is 10.6 Å². The number of hydrogen-bond acceptors (Lipinski definition) is 6. The summed E-state index contributed by atoms with van der Waals surface area (Å²) >= 11 is 0. The third kappa shape index (κ3) is 9.05. The average molecular weight is 415 g/mol. The van der Waals surface area contributed by atoms with E-state index in [1.54, 1.807) is 31.4 Å². The van der Waals surface area contributed by atoms with Gasteiger partial charge in [-0.3, -0.25) is 14.4 Å². The summed E-state index contributed by atoms with van der Waals surface area (Å²) in [6.45, 7) is 4.19. The standard InChI is InChI=1S/C18H26N2O5S2/c1-12(2)16(18(24)19-9-11-27-26-10-8-15(21)22)20-17(23)13-4-6-14(25-3)7-5-13/h4-7,12,16H,8-11H2,1-3H3,(H,19,24)(H,20,23)(H,21,22). The fourth-order valence-corrected chi connectivity index (χ4v) is 3.96. The van der Waals surface area contributed by atoms with Crippen LogP contribution in [0.1, 0.15) is 30.6 Å². The molecule has 1 atom stereocenters. The van der Waals surface area contributed by atoms with Gasteiger partial charge in [-0.05, 0) is 30.2 Å². The normalized spacial score (nSPS) is 11.7. The van der Waals surface area contributed by atoms with Crippen LogP contribution in [-0.4, -0.2) is 54.1 Å². The number of carboxylic acid groups (broad SMARTS) is 1. The molecule has 2 amide bonds. The van der Waals surface area contributed by atoms with E-state index in [0.717, 1.165) is 0 Å². The maximum Gasteiger partial charge on any atom is 0.304 e. The number of rotatable bonds is 12. The molecule has 0 aliphatic carbocycles. The molecule has 9 heteroatoms. The lowest BCUT2D eigenvalue weighted by Gasteiger charge is -2.21. The van der Waals surface area contributed by atoms with Crippen molar-refractivity contribution in [1.29, 1.82) is 0 Å². The Morgan fingerprint density at radius 2 is 1.74 bits per heavy atom. The molecule has 0 aliphatic heterocycles. The summed E-state index contributed by atoms with van der Waals surface area (Å²) in [6, 6.07) is 6.05. The highest BCUT2D eigenvalue weighted by Crippen LogP contribution is 2.21. The van der Waals surface area contributed by atoms with Gasteiger partial charge in [-0.25, -0.2) is 0 Å². The Hall–Kier alpha value is -1.87. The lowest BCUT2D eigenvalue weighted by Crippen LogP contribution is -2.50. The van der Waals surface area contributed by atoms with Crippen LogP contribution in [0.15, 0.2) is 24.3 Å². The van der Waals surface area contributed by atoms with Gasteiger partial charge in [0.1, 0.15) is 11.8 Å². The Labute approximate surface area is 167 Å². The van der Waals surface area contributed by atoms with Gasteiger partial charge in [0.2, 0.25) is 5.91 Å². The number of hydrogen-bond donors (Lipinski definition) is 3. The highest BCUT2D eigenvalue weighted by molar-refractivity contribution is 8.76. The number of ether oxygens (including phenoxy) is 1. The molecule has 0 aliphatic rings. The second-order valence-electron chi connectivity index (χ2n) is 6.00. The Morgan fingerprint density at radius 3 is 2.30 bits per heavy atom. The molecule has 150 valence electrons. The molecule has 0 saturated carbocycles. The van der Waals surface area contributed by atoms with Gasteiger partial charge in [0.15, 0.2) is 0 Å². The van der Waals surface area contributed by atoms with E-state index in [1.807, 2.05) is 13.8 Å². The average Bonchev–Trinajstić information content (AvgIpc) is 2.64. The van der Waals surface area contributed by atoms with Crippen LogP contribution in [-0.2, 0) is 9.59 Å². The van der Waals surface area contributed by atoms with Crippen molar-refractivity contribution in [3.63, 3.8) is 0 Å². The van der Waals surface area contributed by atoms with E-state index in [0.29, 0.717) is 29.4 Å². The molecule has 0 radical (unpaired) electrons. The minimum atomic E-state index is -0.816. The van der Waals surface area contributed by atoms with Gasteiger partial charge in [0.25, 0.3) is 5.91 Å². The van der Waals surface area contributed by atoms with Gasteiger partial charge in [0, 0.05) is 23.6 Å². The topological polar surface area (TPSA) is 105 Å². The van der Waals surface area contributed by atoms with Crippen LogP contribution in [0, 0.1) is 5.92 Å². The van der Waals surface area contributed by atoms with E-state index >= 15 is 0 Å². The van der Waals surface area contributed by atoms with E-state index in [1.165, 1.54) is 21.6 Å². The molecular formula is C18H26N2O5S2. The zero-order valence-electron chi connectivity index (χ0n) is 15.7. The van der Waals surface area contributed by atoms with Crippen molar-refractivity contribution >= 4 is 39.4 Å². The molecular weight excluding hydrogens is 388 g/mol. The van der Waals surface area contributed by atoms with Gasteiger partial charge < -0.3 is 20.5 Å². The predicted octanol–water partition coefficient (Wildman–Crippen LogP) is 2.42. The molecule has 3 N–H and O–H groups in total. The summed E-state index contributed by atoms with van der Waals surface area (Å²) in [7, 11) is 4.53. The van der Waals surface area contributed by atoms with Gasteiger partial charge in [-0.2, -0.15) is 0 Å². The Balaban J connectivity index is 2.43. The second kappa shape index (κ2) is 12.5. The Kier molecular flexibility index (Phi) is 10.7. The molecule has 1 unspecified atom stereocenters. The quantitative estimate of drug-likeness (QED) is 0.356. The molecule has 0 aromatic heterocycles. The molecule has 7 nitrogen and oxygen atoms in total. The number of aliphatic carboxylic acids is 1. The zero-order valence-corrected chi connectivity index (χ0v) is 17.3. The summed E-state index contributed by atoms with van der Waals surface area (Å²) in [4.78, 5) is 35.2. The molecule has 0 bridgehead atoms. The fraction of sp³-hybridized carbons (Fsp3) is 0.500. The number of methoxy groups -OCH3 is 1. The van der Waals surface area contributed by atoms with E-state index in [9.17, 15) is 14.4 Å². The summed E-state index contributed by atoms with van der Waals surface area (Å²) < 4.78 is 5.07. The smallest absolute Gasteiger partial charge is 0.304 e. The molecule has 0 spiro atoms. The Bertz CT molecular complexity index is 623. The first-order valence-corrected chi connectivity index (χ1v) is 11.0. The van der Waals surface area contributed by atoms with Crippen molar-refractivity contribution in [3.05, 3.63) is 29.8 Å². The SMILES string of the molecule is COc1ccc(C(=O)NC(C(=O)NCCSSCCC(=O)O)C(C)C)cc1. The maximum absolute atomic E-state index is 12.4. The van der Waals surface area contributed by atoms with Crippen molar-refractivity contribution in [3.8, 4) is 5.75 Å². The monoisotopic (exact) mass is 414 g/mol. The van der Waals surface area contributed by atoms with Crippen LogP contribution in [0.2, 0.25) is 0 Å². The zero-order chi connectivity index (χ0) is 20.2. The number of carbonyl (C=O) groups excluding carboxylic acids is 2. The lowest BCUT2D eigenvalue weighted by molar-refractivity contribution is -0.136. The van der Waals surface area contributed by atoms with Crippen molar-refractivity contribution in [2.75, 3.05) is 25.2 Å². The van der Waals surface area contributed by atoms with E-state index < -0.39 is 12.0 Å². The van der Waals surface area contributed by atoms with Gasteiger partial charge >= 0.3 is 5.97 Å². The highest BCUT2D eigenvalue weighted by atomic mass is 33.1. The van der Waals surface area contributed by atoms with Crippen LogP contribution in [0.25, 0.3) is 0 Å². The van der Waals surface area contributed by atoms with Gasteiger partial charge in [0.05, 0.1) is 13.5 Å². The number of amides is 2. The van der Waals surface area contributed by atoms with E-state index in [4.69, 9.17) is 9.84 Å². The summed E-state index contributed by atoms with van der Waals surface area (Å²) in [6.07, 6.45) is 0.122. The van der Waals surface area contributed by atoms with Crippen LogP contribution in [0.4, 0.5) is 0 Å². The number of carbonyl (C=O) groups is 3. The molecule has 1 aromatic rings. The molecule has 0 fully saturated rings. The summed E-state index contributed by atoms with van der Waals surface area (Å²) in [5.41, 5.74) is 0.458. The minimum absolute atomic E-state index is 0.0650. The number of benzene rings is 1. The van der Waals surface area contributed by atoms with Crippen LogP contribution in [0.5, 0.6) is 5.75 Å². The molecule has 1 aromatic carbocycles. The van der Waals surface area contributed by atoms with Crippen molar-refractivity contribution in [2.24, 2.45) is 5.92 Å². The van der Waals surface area contributed by atoms with Crippen molar-refractivity contribution in [2.45, 2.75) is 26.3 Å². The van der Waals surface area contributed by atoms with Crippen LogP contribution >= 0.6 is 21.6 Å². The summed E-state index contributed by atoms with van der Waals surface area (Å²) in [5, 5.41) is 14.2. The largest absolute Gasteiger partial charge is 0.497 e. The first-order valence-electron chi connectivity index (χ1n) is 8.54. The third-order valence-electron chi connectivity index (χ3n) is 3.56. The molecule has 0 saturated heterocycles. The van der Waals surface area contributed by atoms with Crippen LogP contribution < -0.4 is 15.4 Å². The first kappa shape index (κ1) is 23.2. The number of nitrogens with one attached hydrogen (secondary N) is 2. The van der Waals surface area contributed by atoms with Crippen LogP contribution in [0.3, 0.4) is 0 Å². The highest BCUT2D eigenvalue weighted by Gasteiger charge is 2.24. The lowest BCUT2D eigenvalue weighted by atomic mass is 10.0. The first-order chi connectivity index (χ1) is 12.8. The van der Waals surface area contributed by atoms with E-state index in [-0.39, 0.29) is 24.2 Å². The molecule has 0 heterocycles. The molecule has 1 rings (SSSR count). The molecule has 27 heavy (non-hydrogen) atoms. The predicted molar refractivity (Wildman–Crippen MR) is 109 cm³/mol. The minimum Gasteiger partial charge on any atom is -0.497 e. The van der Waals surface area contributed by atoms with Gasteiger partial charge in [-0.15, -0.1) is 0 Å². The van der Waals surface area contributed by atoms with E-state index in [2.05, 4.69) is 10.6 Å². The second-order valence-corrected chi connectivity index (χ2v) is 8.70. The third-order valence-corrected chi connectivity index (χ3v) is 5.96. The maximum atomic E-state index is 12.4. The fourth-order valence-electron chi connectivity index (χ4n) is 2.07.